The number of hydrogen-bond acceptors (Lipinski definition) is 3. The molecule has 1 aliphatic heterocycles. The molecule has 1 aromatic carbocycles. The van der Waals surface area contributed by atoms with E-state index in [-0.39, 0.29) is 11.8 Å². The summed E-state index contributed by atoms with van der Waals surface area (Å²) in [4.78, 5) is 23.1. The molecule has 3 N–H and O–H groups in total. The molecule has 2 aromatic rings. The third-order valence-electron chi connectivity index (χ3n) is 3.79. The highest BCUT2D eigenvalue weighted by Gasteiger charge is 2.29. The minimum atomic E-state index is -0.456. The number of carbonyl (C=O) groups excluding carboxylic acids is 2. The van der Waals surface area contributed by atoms with Gasteiger partial charge >= 0.3 is 0 Å². The van der Waals surface area contributed by atoms with E-state index in [9.17, 15) is 9.59 Å². The zero-order valence-electron chi connectivity index (χ0n) is 11.7. The molecular weight excluding hydrogens is 268 g/mol. The number of benzene rings is 1. The van der Waals surface area contributed by atoms with Crippen LogP contribution >= 0.6 is 0 Å². The average molecular weight is 284 g/mol. The Morgan fingerprint density at radius 2 is 2.14 bits per heavy atom. The minimum Gasteiger partial charge on any atom is -0.366 e. The first-order chi connectivity index (χ1) is 10.1. The number of rotatable bonds is 3. The first-order valence-corrected chi connectivity index (χ1v) is 6.85. The van der Waals surface area contributed by atoms with Crippen LogP contribution in [-0.4, -0.2) is 21.6 Å². The van der Waals surface area contributed by atoms with E-state index < -0.39 is 5.91 Å². The van der Waals surface area contributed by atoms with E-state index in [1.807, 2.05) is 19.1 Å². The quantitative estimate of drug-likeness (QED) is 0.894. The van der Waals surface area contributed by atoms with Crippen LogP contribution in [0.25, 0.3) is 0 Å². The van der Waals surface area contributed by atoms with Gasteiger partial charge in [0.2, 0.25) is 11.8 Å². The second-order valence-electron chi connectivity index (χ2n) is 5.06. The molecule has 1 unspecified atom stereocenters. The molecule has 2 amide bonds. The fourth-order valence-corrected chi connectivity index (χ4v) is 2.69. The largest absolute Gasteiger partial charge is 0.366 e. The topological polar surface area (TPSA) is 90.0 Å². The van der Waals surface area contributed by atoms with Gasteiger partial charge in [0.25, 0.3) is 0 Å². The first kappa shape index (κ1) is 13.4. The summed E-state index contributed by atoms with van der Waals surface area (Å²) in [5.74, 6) is 0.234. The molecule has 1 aliphatic rings. The van der Waals surface area contributed by atoms with Gasteiger partial charge in [0.15, 0.2) is 0 Å². The molecule has 21 heavy (non-hydrogen) atoms. The predicted molar refractivity (Wildman–Crippen MR) is 78.0 cm³/mol. The van der Waals surface area contributed by atoms with Crippen molar-refractivity contribution < 1.29 is 9.59 Å². The fraction of sp³-hybridized carbons (Fsp3) is 0.267. The number of nitrogens with one attached hydrogen (secondary N) is 1. The van der Waals surface area contributed by atoms with Crippen molar-refractivity contribution in [1.29, 1.82) is 0 Å². The third-order valence-corrected chi connectivity index (χ3v) is 3.79. The van der Waals surface area contributed by atoms with Crippen LogP contribution in [0.3, 0.4) is 0 Å². The summed E-state index contributed by atoms with van der Waals surface area (Å²) in [7, 11) is 0. The van der Waals surface area contributed by atoms with Crippen molar-refractivity contribution in [2.24, 2.45) is 5.73 Å². The lowest BCUT2D eigenvalue weighted by Crippen LogP contribution is -2.24. The first-order valence-electron chi connectivity index (χ1n) is 6.85. The smallest absolute Gasteiger partial charge is 0.248 e. The lowest BCUT2D eigenvalue weighted by molar-refractivity contribution is -0.116. The maximum absolute atomic E-state index is 11.9. The number of primary amides is 1. The summed E-state index contributed by atoms with van der Waals surface area (Å²) in [6, 6.07) is 7.06. The zero-order valence-corrected chi connectivity index (χ0v) is 11.7. The summed E-state index contributed by atoms with van der Waals surface area (Å²) in [6.07, 6.45) is 2.17. The van der Waals surface area contributed by atoms with Crippen LogP contribution in [0.5, 0.6) is 0 Å². The number of anilines is 1. The van der Waals surface area contributed by atoms with Crippen LogP contribution in [0.15, 0.2) is 30.5 Å². The van der Waals surface area contributed by atoms with E-state index in [4.69, 9.17) is 5.73 Å². The molecule has 0 aliphatic carbocycles. The van der Waals surface area contributed by atoms with Gasteiger partial charge in [-0.1, -0.05) is 12.1 Å². The van der Waals surface area contributed by atoms with Crippen molar-refractivity contribution in [3.8, 4) is 0 Å². The van der Waals surface area contributed by atoms with E-state index in [1.54, 1.807) is 23.0 Å². The number of amides is 2. The van der Waals surface area contributed by atoms with Gasteiger partial charge in [-0.3, -0.25) is 9.59 Å². The molecule has 0 spiro atoms. The fourth-order valence-electron chi connectivity index (χ4n) is 2.69. The Kier molecular flexibility index (Phi) is 3.21. The molecular formula is C15H16N4O2. The van der Waals surface area contributed by atoms with Crippen molar-refractivity contribution in [1.82, 2.24) is 9.78 Å². The van der Waals surface area contributed by atoms with Gasteiger partial charge < -0.3 is 11.1 Å². The van der Waals surface area contributed by atoms with Gasteiger partial charge in [0, 0.05) is 30.0 Å². The van der Waals surface area contributed by atoms with Gasteiger partial charge in [-0.2, -0.15) is 5.10 Å². The molecule has 0 radical (unpaired) electrons. The molecule has 3 rings (SSSR count). The standard InChI is InChI=1S/C15H16N4O2/c1-2-19-15-12(8-17-19)11(7-13(20)18-15)9-3-5-10(6-4-9)14(16)21/h3-6,8,11H,2,7H2,1H3,(H2,16,21)(H,18,20). The molecule has 0 fully saturated rings. The lowest BCUT2D eigenvalue weighted by atomic mass is 9.87. The van der Waals surface area contributed by atoms with Crippen LogP contribution in [0.2, 0.25) is 0 Å². The highest BCUT2D eigenvalue weighted by Crippen LogP contribution is 2.36. The minimum absolute atomic E-state index is 0.0262. The van der Waals surface area contributed by atoms with Crippen molar-refractivity contribution >= 4 is 17.6 Å². The number of nitrogens with two attached hydrogens (primary N) is 1. The Balaban J connectivity index is 2.01. The Labute approximate surface area is 121 Å². The zero-order chi connectivity index (χ0) is 15.0. The Morgan fingerprint density at radius 1 is 1.43 bits per heavy atom. The highest BCUT2D eigenvalue weighted by molar-refractivity contribution is 5.95. The summed E-state index contributed by atoms with van der Waals surface area (Å²) < 4.78 is 1.77. The Hall–Kier alpha value is -2.63. The van der Waals surface area contributed by atoms with Gasteiger partial charge in [0.05, 0.1) is 6.20 Å². The summed E-state index contributed by atoms with van der Waals surface area (Å²) >= 11 is 0. The molecule has 1 atom stereocenters. The summed E-state index contributed by atoms with van der Waals surface area (Å²) in [6.45, 7) is 2.67. The number of nitrogens with zero attached hydrogens (tertiary/aromatic N) is 2. The normalized spacial score (nSPS) is 17.2. The Morgan fingerprint density at radius 3 is 2.76 bits per heavy atom. The molecule has 0 bridgehead atoms. The van der Waals surface area contributed by atoms with Crippen LogP contribution in [0.4, 0.5) is 5.82 Å². The molecule has 108 valence electrons. The van der Waals surface area contributed by atoms with Crippen molar-refractivity contribution in [3.63, 3.8) is 0 Å². The van der Waals surface area contributed by atoms with E-state index in [2.05, 4.69) is 10.4 Å². The van der Waals surface area contributed by atoms with Gasteiger partial charge in [0.1, 0.15) is 5.82 Å². The lowest BCUT2D eigenvalue weighted by Gasteiger charge is -2.23. The number of fused-ring (bicyclic) bond motifs is 1. The van der Waals surface area contributed by atoms with Gasteiger partial charge in [-0.15, -0.1) is 0 Å². The number of aromatic nitrogens is 2. The second kappa shape index (κ2) is 5.05. The molecule has 0 saturated heterocycles. The van der Waals surface area contributed by atoms with Gasteiger partial charge in [-0.25, -0.2) is 4.68 Å². The van der Waals surface area contributed by atoms with E-state index in [0.29, 0.717) is 18.5 Å². The second-order valence-corrected chi connectivity index (χ2v) is 5.06. The number of hydrogen-bond donors (Lipinski definition) is 2. The molecule has 6 nitrogen and oxygen atoms in total. The van der Waals surface area contributed by atoms with Crippen molar-refractivity contribution in [3.05, 3.63) is 47.2 Å². The monoisotopic (exact) mass is 284 g/mol. The molecule has 6 heteroatoms. The summed E-state index contributed by atoms with van der Waals surface area (Å²) in [5.41, 5.74) is 7.69. The summed E-state index contributed by atoms with van der Waals surface area (Å²) in [5, 5.41) is 7.18. The van der Waals surface area contributed by atoms with Crippen LogP contribution < -0.4 is 11.1 Å². The van der Waals surface area contributed by atoms with Crippen LogP contribution in [0, 0.1) is 0 Å². The predicted octanol–water partition coefficient (Wildman–Crippen LogP) is 1.48. The number of aryl methyl sites for hydroxylation is 1. The molecule has 2 heterocycles. The highest BCUT2D eigenvalue weighted by atomic mass is 16.2. The van der Waals surface area contributed by atoms with Crippen molar-refractivity contribution in [2.45, 2.75) is 25.8 Å². The third kappa shape index (κ3) is 2.29. The Bertz CT molecular complexity index is 703. The molecule has 1 aromatic heterocycles. The van der Waals surface area contributed by atoms with Crippen LogP contribution in [0.1, 0.15) is 40.7 Å². The molecule has 0 saturated carbocycles. The van der Waals surface area contributed by atoms with Crippen molar-refractivity contribution in [2.75, 3.05) is 5.32 Å². The van der Waals surface area contributed by atoms with E-state index in [0.717, 1.165) is 16.9 Å². The van der Waals surface area contributed by atoms with Gasteiger partial charge in [-0.05, 0) is 24.6 Å². The number of carbonyl (C=O) groups is 2. The average Bonchev–Trinajstić information content (AvgIpc) is 2.89. The van der Waals surface area contributed by atoms with Crippen LogP contribution in [-0.2, 0) is 11.3 Å². The maximum atomic E-state index is 11.9. The van der Waals surface area contributed by atoms with E-state index >= 15 is 0 Å². The van der Waals surface area contributed by atoms with E-state index in [1.165, 1.54) is 0 Å². The maximum Gasteiger partial charge on any atom is 0.248 e. The SMILES string of the molecule is CCn1ncc2c1NC(=O)CC2c1ccc(C(N)=O)cc1.